The van der Waals surface area contributed by atoms with Gasteiger partial charge in [0.15, 0.2) is 0 Å². The molecule has 122 valence electrons. The number of phenols is 1. The lowest BCUT2D eigenvalue weighted by Crippen LogP contribution is -2.48. The van der Waals surface area contributed by atoms with E-state index >= 15 is 0 Å². The molecule has 0 radical (unpaired) electrons. The van der Waals surface area contributed by atoms with E-state index in [-0.39, 0.29) is 17.7 Å². The quantitative estimate of drug-likeness (QED) is 0.753. The molecule has 1 aliphatic rings. The van der Waals surface area contributed by atoms with Gasteiger partial charge in [0.1, 0.15) is 5.75 Å². The summed E-state index contributed by atoms with van der Waals surface area (Å²) in [6.45, 7) is 2.10. The van der Waals surface area contributed by atoms with Crippen LogP contribution in [-0.4, -0.2) is 35.5 Å². The highest BCUT2D eigenvalue weighted by atomic mass is 32.1. The van der Waals surface area contributed by atoms with Crippen LogP contribution in [0.15, 0.2) is 53.9 Å². The Hall–Kier alpha value is -2.37. The second-order valence-corrected chi connectivity index (χ2v) is 6.91. The molecule has 0 saturated carbocycles. The Kier molecular flexibility index (Phi) is 3.96. The second kappa shape index (κ2) is 6.26. The number of fused-ring (bicyclic) bond motifs is 1. The molecule has 3 aromatic rings. The number of piperazine rings is 1. The maximum atomic E-state index is 13.0. The maximum absolute atomic E-state index is 13.0. The SMILES string of the molecule is O=C(c1csc2ccccc12)N1CCNC(c2ccc(O)cc2)C1. The lowest BCUT2D eigenvalue weighted by molar-refractivity contribution is 0.0705. The van der Waals surface area contributed by atoms with E-state index in [2.05, 4.69) is 5.32 Å². The van der Waals surface area contributed by atoms with E-state index in [1.54, 1.807) is 23.5 Å². The first-order valence-corrected chi connectivity index (χ1v) is 8.88. The Morgan fingerprint density at radius 3 is 2.79 bits per heavy atom. The fraction of sp³-hybridized carbons (Fsp3) is 0.211. The van der Waals surface area contributed by atoms with Crippen molar-refractivity contribution < 1.29 is 9.90 Å². The highest BCUT2D eigenvalue weighted by molar-refractivity contribution is 7.17. The zero-order valence-corrected chi connectivity index (χ0v) is 13.9. The van der Waals surface area contributed by atoms with Crippen LogP contribution < -0.4 is 5.32 Å². The minimum absolute atomic E-state index is 0.0909. The highest BCUT2D eigenvalue weighted by Gasteiger charge is 2.26. The van der Waals surface area contributed by atoms with E-state index in [1.807, 2.05) is 46.7 Å². The molecular weight excluding hydrogens is 320 g/mol. The molecule has 1 saturated heterocycles. The molecule has 2 aromatic carbocycles. The number of nitrogens with one attached hydrogen (secondary N) is 1. The predicted molar refractivity (Wildman–Crippen MR) is 96.6 cm³/mol. The van der Waals surface area contributed by atoms with E-state index in [0.29, 0.717) is 13.1 Å². The van der Waals surface area contributed by atoms with Gasteiger partial charge in [0.25, 0.3) is 5.91 Å². The average molecular weight is 338 g/mol. The van der Waals surface area contributed by atoms with Crippen molar-refractivity contribution in [3.8, 4) is 5.75 Å². The number of hydrogen-bond acceptors (Lipinski definition) is 4. The number of carbonyl (C=O) groups excluding carboxylic acids is 1. The van der Waals surface area contributed by atoms with Crippen LogP contribution in [0.5, 0.6) is 5.75 Å². The third-order valence-corrected chi connectivity index (χ3v) is 5.43. The molecule has 1 atom stereocenters. The fourth-order valence-corrected chi connectivity index (χ4v) is 4.11. The first kappa shape index (κ1) is 15.2. The molecule has 4 rings (SSSR count). The first-order chi connectivity index (χ1) is 11.7. The average Bonchev–Trinajstić information content (AvgIpc) is 3.06. The van der Waals surface area contributed by atoms with E-state index in [0.717, 1.165) is 27.8 Å². The van der Waals surface area contributed by atoms with Gasteiger partial charge in [-0.3, -0.25) is 4.79 Å². The second-order valence-electron chi connectivity index (χ2n) is 5.99. The normalized spacial score (nSPS) is 18.0. The van der Waals surface area contributed by atoms with Crippen molar-refractivity contribution in [1.29, 1.82) is 0 Å². The molecule has 1 aliphatic heterocycles. The number of aromatic hydroxyl groups is 1. The summed E-state index contributed by atoms with van der Waals surface area (Å²) in [5.74, 6) is 0.352. The molecule has 1 fully saturated rings. The molecule has 1 aromatic heterocycles. The number of carbonyl (C=O) groups is 1. The van der Waals surface area contributed by atoms with E-state index < -0.39 is 0 Å². The smallest absolute Gasteiger partial charge is 0.255 e. The van der Waals surface area contributed by atoms with E-state index in [9.17, 15) is 9.90 Å². The molecule has 1 amide bonds. The van der Waals surface area contributed by atoms with Gasteiger partial charge in [-0.05, 0) is 23.8 Å². The summed E-state index contributed by atoms with van der Waals surface area (Å²) in [6, 6.07) is 15.3. The highest BCUT2D eigenvalue weighted by Crippen LogP contribution is 2.28. The van der Waals surface area contributed by atoms with Crippen LogP contribution in [-0.2, 0) is 0 Å². The van der Waals surface area contributed by atoms with Gasteiger partial charge in [-0.25, -0.2) is 0 Å². The lowest BCUT2D eigenvalue weighted by Gasteiger charge is -2.34. The largest absolute Gasteiger partial charge is 0.508 e. The van der Waals surface area contributed by atoms with Gasteiger partial charge in [-0.2, -0.15) is 0 Å². The summed E-state index contributed by atoms with van der Waals surface area (Å²) in [5.41, 5.74) is 1.88. The molecule has 5 heteroatoms. The Labute approximate surface area is 144 Å². The zero-order valence-electron chi connectivity index (χ0n) is 13.1. The number of nitrogens with zero attached hydrogens (tertiary/aromatic N) is 1. The van der Waals surface area contributed by atoms with Crippen LogP contribution in [0.4, 0.5) is 0 Å². The summed E-state index contributed by atoms with van der Waals surface area (Å²) < 4.78 is 1.14. The van der Waals surface area contributed by atoms with Gasteiger partial charge >= 0.3 is 0 Å². The monoisotopic (exact) mass is 338 g/mol. The zero-order chi connectivity index (χ0) is 16.5. The lowest BCUT2D eigenvalue weighted by atomic mass is 10.0. The maximum Gasteiger partial charge on any atom is 0.255 e. The van der Waals surface area contributed by atoms with Crippen LogP contribution in [0.1, 0.15) is 22.0 Å². The Morgan fingerprint density at radius 1 is 1.17 bits per heavy atom. The topological polar surface area (TPSA) is 52.6 Å². The molecule has 4 nitrogen and oxygen atoms in total. The van der Waals surface area contributed by atoms with Gasteiger partial charge in [0.05, 0.1) is 5.56 Å². The van der Waals surface area contributed by atoms with Gasteiger partial charge in [0, 0.05) is 41.1 Å². The minimum Gasteiger partial charge on any atom is -0.508 e. The number of hydrogen-bond donors (Lipinski definition) is 2. The molecule has 24 heavy (non-hydrogen) atoms. The summed E-state index contributed by atoms with van der Waals surface area (Å²) in [7, 11) is 0. The van der Waals surface area contributed by atoms with Crippen molar-refractivity contribution in [2.45, 2.75) is 6.04 Å². The third kappa shape index (κ3) is 2.77. The standard InChI is InChI=1S/C19H18N2O2S/c22-14-7-5-13(6-8-14)17-11-21(10-9-20-17)19(23)16-12-24-18-4-2-1-3-15(16)18/h1-8,12,17,20,22H,9-11H2. The van der Waals surface area contributed by atoms with Crippen molar-refractivity contribution in [3.05, 3.63) is 65.0 Å². The van der Waals surface area contributed by atoms with E-state index in [4.69, 9.17) is 0 Å². The first-order valence-electron chi connectivity index (χ1n) is 8.00. The van der Waals surface area contributed by atoms with Crippen molar-refractivity contribution in [2.24, 2.45) is 0 Å². The summed E-state index contributed by atoms with van der Waals surface area (Å²) in [4.78, 5) is 14.9. The molecule has 1 unspecified atom stereocenters. The predicted octanol–water partition coefficient (Wildman–Crippen LogP) is 3.39. The summed E-state index contributed by atoms with van der Waals surface area (Å²) in [5, 5.41) is 15.9. The van der Waals surface area contributed by atoms with Crippen LogP contribution >= 0.6 is 11.3 Å². The molecule has 2 heterocycles. The number of phenolic OH excluding ortho intramolecular Hbond substituents is 1. The summed E-state index contributed by atoms with van der Waals surface area (Å²) in [6.07, 6.45) is 0. The number of rotatable bonds is 2. The van der Waals surface area contributed by atoms with Crippen molar-refractivity contribution >= 4 is 27.3 Å². The molecule has 0 aliphatic carbocycles. The molecule has 0 spiro atoms. The number of benzene rings is 2. The van der Waals surface area contributed by atoms with Gasteiger partial charge < -0.3 is 15.3 Å². The molecule has 2 N–H and O–H groups in total. The third-order valence-electron chi connectivity index (χ3n) is 4.47. The summed E-state index contributed by atoms with van der Waals surface area (Å²) >= 11 is 1.61. The fourth-order valence-electron chi connectivity index (χ4n) is 3.18. The van der Waals surface area contributed by atoms with Crippen molar-refractivity contribution in [3.63, 3.8) is 0 Å². The van der Waals surface area contributed by atoms with Crippen molar-refractivity contribution in [1.82, 2.24) is 10.2 Å². The van der Waals surface area contributed by atoms with Crippen molar-refractivity contribution in [2.75, 3.05) is 19.6 Å². The number of thiophene rings is 1. The van der Waals surface area contributed by atoms with Crippen LogP contribution in [0.2, 0.25) is 0 Å². The van der Waals surface area contributed by atoms with E-state index in [1.165, 1.54) is 0 Å². The minimum atomic E-state index is 0.0909. The van der Waals surface area contributed by atoms with Crippen LogP contribution in [0, 0.1) is 0 Å². The molecule has 0 bridgehead atoms. The number of amides is 1. The Bertz CT molecular complexity index is 872. The Balaban J connectivity index is 1.57. The van der Waals surface area contributed by atoms with Gasteiger partial charge in [0.2, 0.25) is 0 Å². The molecular formula is C19H18N2O2S. The Morgan fingerprint density at radius 2 is 1.96 bits per heavy atom. The van der Waals surface area contributed by atoms with Crippen LogP contribution in [0.3, 0.4) is 0 Å². The van der Waals surface area contributed by atoms with Gasteiger partial charge in [-0.1, -0.05) is 30.3 Å². The van der Waals surface area contributed by atoms with Crippen LogP contribution in [0.25, 0.3) is 10.1 Å². The van der Waals surface area contributed by atoms with Gasteiger partial charge in [-0.15, -0.1) is 11.3 Å².